The van der Waals surface area contributed by atoms with E-state index in [0.29, 0.717) is 17.9 Å². The first-order valence-corrected chi connectivity index (χ1v) is 5.22. The lowest BCUT2D eigenvalue weighted by atomic mass is 10.1. The van der Waals surface area contributed by atoms with E-state index in [-0.39, 0.29) is 6.42 Å². The molecule has 1 atom stereocenters. The lowest BCUT2D eigenvalue weighted by Gasteiger charge is -2.15. The normalized spacial score (nSPS) is 26.5. The molecule has 0 amide bonds. The quantitative estimate of drug-likeness (QED) is 0.788. The van der Waals surface area contributed by atoms with E-state index < -0.39 is 11.5 Å². The maximum absolute atomic E-state index is 13.2. The molecule has 1 aromatic carbocycles. The van der Waals surface area contributed by atoms with Gasteiger partial charge in [-0.2, -0.15) is 0 Å². The summed E-state index contributed by atoms with van der Waals surface area (Å²) in [6, 6.07) is 6.65. The van der Waals surface area contributed by atoms with Crippen molar-refractivity contribution in [3.05, 3.63) is 29.8 Å². The van der Waals surface area contributed by atoms with Gasteiger partial charge in [-0.05, 0) is 24.6 Å². The highest BCUT2D eigenvalue weighted by atomic mass is 19.3. The molecule has 0 aromatic heterocycles. The molecule has 16 heavy (non-hydrogen) atoms. The zero-order valence-corrected chi connectivity index (χ0v) is 9.30. The van der Waals surface area contributed by atoms with Crippen LogP contribution in [0.3, 0.4) is 0 Å². The molecular weight excluding hydrogens is 214 g/mol. The highest BCUT2D eigenvalue weighted by Crippen LogP contribution is 2.61. The van der Waals surface area contributed by atoms with Gasteiger partial charge in [-0.1, -0.05) is 12.1 Å². The zero-order valence-electron chi connectivity index (χ0n) is 9.30. The van der Waals surface area contributed by atoms with Crippen molar-refractivity contribution < 1.29 is 18.3 Å². The number of rotatable bonds is 4. The van der Waals surface area contributed by atoms with Gasteiger partial charge in [-0.15, -0.1) is 0 Å². The molecule has 2 nitrogen and oxygen atoms in total. The smallest absolute Gasteiger partial charge is 0.284 e. The minimum Gasteiger partial charge on any atom is -0.494 e. The fourth-order valence-corrected chi connectivity index (χ4v) is 1.91. The third kappa shape index (κ3) is 1.57. The summed E-state index contributed by atoms with van der Waals surface area (Å²) in [5.41, 5.74) is -0.916. The molecule has 2 rings (SSSR count). The highest BCUT2D eigenvalue weighted by Gasteiger charge is 2.73. The summed E-state index contributed by atoms with van der Waals surface area (Å²) in [5, 5.41) is 0. The first-order chi connectivity index (χ1) is 7.55. The predicted octanol–water partition coefficient (Wildman–Crippen LogP) is 2.97. The van der Waals surface area contributed by atoms with Gasteiger partial charge < -0.3 is 9.47 Å². The molecule has 0 aliphatic heterocycles. The van der Waals surface area contributed by atoms with Crippen LogP contribution in [0, 0.1) is 0 Å². The van der Waals surface area contributed by atoms with E-state index in [1.54, 1.807) is 24.3 Å². The van der Waals surface area contributed by atoms with E-state index in [1.807, 2.05) is 6.92 Å². The van der Waals surface area contributed by atoms with Crippen molar-refractivity contribution in [1.29, 1.82) is 0 Å². The van der Waals surface area contributed by atoms with Crippen LogP contribution in [0.2, 0.25) is 0 Å². The molecule has 0 saturated heterocycles. The maximum atomic E-state index is 13.2. The summed E-state index contributed by atoms with van der Waals surface area (Å²) in [6.07, 6.45) is -0.246. The summed E-state index contributed by atoms with van der Waals surface area (Å²) >= 11 is 0. The fourth-order valence-electron chi connectivity index (χ4n) is 1.91. The van der Waals surface area contributed by atoms with Gasteiger partial charge in [0.05, 0.1) is 13.0 Å². The SMILES string of the molecule is CCOc1ccc(C2(OC)CC2(F)F)cc1. The molecule has 88 valence electrons. The molecule has 0 spiro atoms. The molecule has 0 N–H and O–H groups in total. The van der Waals surface area contributed by atoms with Gasteiger partial charge in [-0.3, -0.25) is 0 Å². The molecule has 1 saturated carbocycles. The number of benzene rings is 1. The van der Waals surface area contributed by atoms with Gasteiger partial charge >= 0.3 is 0 Å². The Morgan fingerprint density at radius 1 is 1.25 bits per heavy atom. The lowest BCUT2D eigenvalue weighted by Crippen LogP contribution is -2.18. The maximum Gasteiger partial charge on any atom is 0.284 e. The lowest BCUT2D eigenvalue weighted by molar-refractivity contribution is -0.0354. The highest BCUT2D eigenvalue weighted by molar-refractivity contribution is 5.37. The van der Waals surface area contributed by atoms with Gasteiger partial charge in [0.15, 0.2) is 5.60 Å². The Labute approximate surface area is 93.2 Å². The Morgan fingerprint density at radius 3 is 2.19 bits per heavy atom. The summed E-state index contributed by atoms with van der Waals surface area (Å²) in [5.74, 6) is -2.07. The van der Waals surface area contributed by atoms with E-state index in [0.717, 1.165) is 0 Å². The van der Waals surface area contributed by atoms with Gasteiger partial charge in [0.2, 0.25) is 0 Å². The van der Waals surface area contributed by atoms with Crippen LogP contribution in [0.15, 0.2) is 24.3 Å². The van der Waals surface area contributed by atoms with Crippen LogP contribution in [0.1, 0.15) is 18.9 Å². The number of hydrogen-bond donors (Lipinski definition) is 0. The van der Waals surface area contributed by atoms with Crippen molar-refractivity contribution in [2.45, 2.75) is 24.9 Å². The number of ether oxygens (including phenoxy) is 2. The molecule has 1 aromatic rings. The Balaban J connectivity index is 2.22. The van der Waals surface area contributed by atoms with Gasteiger partial charge in [0, 0.05) is 7.11 Å². The van der Waals surface area contributed by atoms with E-state index in [4.69, 9.17) is 9.47 Å². The Morgan fingerprint density at radius 2 is 1.81 bits per heavy atom. The van der Waals surface area contributed by atoms with Crippen LogP contribution in [-0.2, 0) is 10.3 Å². The Bertz CT molecular complexity index is 375. The zero-order chi connectivity index (χ0) is 11.8. The van der Waals surface area contributed by atoms with Crippen molar-refractivity contribution in [1.82, 2.24) is 0 Å². The second-order valence-electron chi connectivity index (χ2n) is 3.87. The van der Waals surface area contributed by atoms with Crippen molar-refractivity contribution in [3.63, 3.8) is 0 Å². The van der Waals surface area contributed by atoms with E-state index in [2.05, 4.69) is 0 Å². The molecule has 0 heterocycles. The average molecular weight is 228 g/mol. The van der Waals surface area contributed by atoms with Crippen LogP contribution >= 0.6 is 0 Å². The van der Waals surface area contributed by atoms with Crippen molar-refractivity contribution in [2.24, 2.45) is 0 Å². The van der Waals surface area contributed by atoms with Gasteiger partial charge in [0.25, 0.3) is 5.92 Å². The number of alkyl halides is 2. The van der Waals surface area contributed by atoms with Crippen LogP contribution in [-0.4, -0.2) is 19.6 Å². The molecule has 1 aliphatic rings. The van der Waals surface area contributed by atoms with Crippen molar-refractivity contribution in [3.8, 4) is 5.75 Å². The van der Waals surface area contributed by atoms with Crippen LogP contribution in [0.25, 0.3) is 0 Å². The average Bonchev–Trinajstić information content (AvgIpc) is 2.84. The molecule has 1 fully saturated rings. The minimum atomic E-state index is -2.76. The first kappa shape index (κ1) is 11.3. The van der Waals surface area contributed by atoms with Crippen molar-refractivity contribution >= 4 is 0 Å². The molecule has 4 heteroatoms. The Kier molecular flexibility index (Phi) is 2.62. The molecule has 0 radical (unpaired) electrons. The van der Waals surface area contributed by atoms with Gasteiger partial charge in [0.1, 0.15) is 5.75 Å². The fraction of sp³-hybridized carbons (Fsp3) is 0.500. The largest absolute Gasteiger partial charge is 0.494 e. The second kappa shape index (κ2) is 3.70. The molecular formula is C12H14F2O2. The summed E-state index contributed by atoms with van der Waals surface area (Å²) in [6.45, 7) is 2.44. The third-order valence-corrected chi connectivity index (χ3v) is 2.92. The summed E-state index contributed by atoms with van der Waals surface area (Å²) in [4.78, 5) is 0. The second-order valence-corrected chi connectivity index (χ2v) is 3.87. The van der Waals surface area contributed by atoms with Gasteiger partial charge in [-0.25, -0.2) is 8.78 Å². The van der Waals surface area contributed by atoms with E-state index in [1.165, 1.54) is 7.11 Å². The van der Waals surface area contributed by atoms with E-state index in [9.17, 15) is 8.78 Å². The number of halogens is 2. The molecule has 1 aliphatic carbocycles. The van der Waals surface area contributed by atoms with Crippen LogP contribution in [0.5, 0.6) is 5.75 Å². The number of hydrogen-bond acceptors (Lipinski definition) is 2. The monoisotopic (exact) mass is 228 g/mol. The summed E-state index contributed by atoms with van der Waals surface area (Å²) in [7, 11) is 1.32. The standard InChI is InChI=1S/C12H14F2O2/c1-3-16-10-6-4-9(5-7-10)11(15-2)8-12(11,13)14/h4-7H,3,8H2,1-2H3. The molecule has 1 unspecified atom stereocenters. The first-order valence-electron chi connectivity index (χ1n) is 5.22. The molecule has 0 bridgehead atoms. The summed E-state index contributed by atoms with van der Waals surface area (Å²) < 4.78 is 36.7. The topological polar surface area (TPSA) is 18.5 Å². The third-order valence-electron chi connectivity index (χ3n) is 2.92. The van der Waals surface area contributed by atoms with E-state index >= 15 is 0 Å². The Hall–Kier alpha value is -1.16. The minimum absolute atomic E-state index is 0.246. The predicted molar refractivity (Wildman–Crippen MR) is 55.9 cm³/mol. The van der Waals surface area contributed by atoms with Crippen molar-refractivity contribution in [2.75, 3.05) is 13.7 Å². The van der Waals surface area contributed by atoms with Crippen LogP contribution in [0.4, 0.5) is 8.78 Å². The van der Waals surface area contributed by atoms with Crippen LogP contribution < -0.4 is 4.74 Å². The number of methoxy groups -OCH3 is 1.